The number of anilines is 1. The van der Waals surface area contributed by atoms with Crippen LogP contribution in [0.15, 0.2) is 65.2 Å². The average Bonchev–Trinajstić information content (AvgIpc) is 3.04. The smallest absolute Gasteiger partial charge is 0.295 e. The van der Waals surface area contributed by atoms with E-state index in [1.807, 2.05) is 57.2 Å². The SMILES string of the molecule is Cc1ccc(CN(C(=O)c2oc3cc(C)cc(C)c3c2C)c2ccccn2)cc1. The van der Waals surface area contributed by atoms with E-state index in [2.05, 4.69) is 30.1 Å². The number of nitrogens with zero attached hydrogens (tertiary/aromatic N) is 2. The van der Waals surface area contributed by atoms with Crippen LogP contribution < -0.4 is 4.90 Å². The van der Waals surface area contributed by atoms with Crippen molar-refractivity contribution in [3.8, 4) is 0 Å². The maximum Gasteiger partial charge on any atom is 0.295 e. The second-order valence-corrected chi connectivity index (χ2v) is 7.58. The maximum atomic E-state index is 13.6. The fourth-order valence-corrected chi connectivity index (χ4v) is 3.76. The van der Waals surface area contributed by atoms with E-state index in [4.69, 9.17) is 4.42 Å². The first-order chi connectivity index (χ1) is 13.9. The molecule has 4 heteroatoms. The van der Waals surface area contributed by atoms with Gasteiger partial charge >= 0.3 is 0 Å². The molecule has 0 radical (unpaired) electrons. The highest BCUT2D eigenvalue weighted by molar-refractivity contribution is 6.07. The van der Waals surface area contributed by atoms with Gasteiger partial charge in [0.2, 0.25) is 0 Å². The van der Waals surface area contributed by atoms with Crippen LogP contribution in [0.4, 0.5) is 5.82 Å². The predicted octanol–water partition coefficient (Wildman–Crippen LogP) is 5.91. The van der Waals surface area contributed by atoms with Gasteiger partial charge in [0.05, 0.1) is 6.54 Å². The molecule has 29 heavy (non-hydrogen) atoms. The normalized spacial score (nSPS) is 11.0. The van der Waals surface area contributed by atoms with Crippen LogP contribution in [-0.2, 0) is 6.54 Å². The third kappa shape index (κ3) is 3.66. The van der Waals surface area contributed by atoms with Gasteiger partial charge in [0.1, 0.15) is 11.4 Å². The lowest BCUT2D eigenvalue weighted by Crippen LogP contribution is -2.31. The molecule has 0 N–H and O–H groups in total. The van der Waals surface area contributed by atoms with Crippen molar-refractivity contribution in [1.29, 1.82) is 0 Å². The molecule has 0 unspecified atom stereocenters. The number of pyridine rings is 1. The first kappa shape index (κ1) is 18.9. The summed E-state index contributed by atoms with van der Waals surface area (Å²) in [6.07, 6.45) is 1.70. The van der Waals surface area contributed by atoms with Gasteiger partial charge in [-0.3, -0.25) is 9.69 Å². The second kappa shape index (κ2) is 7.55. The van der Waals surface area contributed by atoms with Gasteiger partial charge in [0, 0.05) is 17.1 Å². The van der Waals surface area contributed by atoms with Crippen LogP contribution in [0.1, 0.15) is 38.4 Å². The van der Waals surface area contributed by atoms with E-state index < -0.39 is 0 Å². The van der Waals surface area contributed by atoms with Gasteiger partial charge in [-0.05, 0) is 62.6 Å². The number of furan rings is 1. The number of aromatic nitrogens is 1. The van der Waals surface area contributed by atoms with Crippen LogP contribution in [0.3, 0.4) is 0 Å². The number of aryl methyl sites for hydroxylation is 4. The highest BCUT2D eigenvalue weighted by Crippen LogP contribution is 2.31. The summed E-state index contributed by atoms with van der Waals surface area (Å²) >= 11 is 0. The van der Waals surface area contributed by atoms with Crippen molar-refractivity contribution in [2.24, 2.45) is 0 Å². The topological polar surface area (TPSA) is 46.3 Å². The zero-order chi connectivity index (χ0) is 20.5. The monoisotopic (exact) mass is 384 g/mol. The Hall–Kier alpha value is -3.40. The quantitative estimate of drug-likeness (QED) is 0.439. The number of benzene rings is 2. The minimum absolute atomic E-state index is 0.185. The van der Waals surface area contributed by atoms with Crippen molar-refractivity contribution >= 4 is 22.7 Å². The molecule has 4 nitrogen and oxygen atoms in total. The predicted molar refractivity (Wildman–Crippen MR) is 116 cm³/mol. The van der Waals surface area contributed by atoms with Crippen molar-refractivity contribution < 1.29 is 9.21 Å². The van der Waals surface area contributed by atoms with E-state index in [1.165, 1.54) is 5.56 Å². The Labute approximate surface area is 170 Å². The molecule has 146 valence electrons. The van der Waals surface area contributed by atoms with Crippen LogP contribution in [0.25, 0.3) is 11.0 Å². The third-order valence-electron chi connectivity index (χ3n) is 5.20. The molecule has 0 fully saturated rings. The molecular formula is C25H24N2O2. The van der Waals surface area contributed by atoms with Gasteiger partial charge in [-0.1, -0.05) is 42.0 Å². The van der Waals surface area contributed by atoms with E-state index in [9.17, 15) is 4.79 Å². The number of carbonyl (C=O) groups excluding carboxylic acids is 1. The van der Waals surface area contributed by atoms with E-state index in [0.29, 0.717) is 18.1 Å². The Kier molecular flexibility index (Phi) is 4.93. The lowest BCUT2D eigenvalue weighted by Gasteiger charge is -2.21. The van der Waals surface area contributed by atoms with E-state index >= 15 is 0 Å². The number of amides is 1. The molecule has 2 aromatic heterocycles. The Bertz CT molecular complexity index is 1180. The summed E-state index contributed by atoms with van der Waals surface area (Å²) in [4.78, 5) is 19.7. The summed E-state index contributed by atoms with van der Waals surface area (Å²) in [5.74, 6) is 0.785. The molecular weight excluding hydrogens is 360 g/mol. The standard InChI is InChI=1S/C25H24N2O2/c1-16-8-10-20(11-9-16)15-27(22-7-5-6-12-26-22)25(28)24-19(4)23-18(3)13-17(2)14-21(23)29-24/h5-14H,15H2,1-4H3. The van der Waals surface area contributed by atoms with Crippen molar-refractivity contribution in [3.63, 3.8) is 0 Å². The molecule has 2 heterocycles. The van der Waals surface area contributed by atoms with Gasteiger partial charge in [-0.25, -0.2) is 4.98 Å². The molecule has 0 saturated heterocycles. The number of carbonyl (C=O) groups is 1. The third-order valence-corrected chi connectivity index (χ3v) is 5.20. The first-order valence-electron chi connectivity index (χ1n) is 9.73. The Morgan fingerprint density at radius 1 is 0.966 bits per heavy atom. The molecule has 1 amide bonds. The number of fused-ring (bicyclic) bond motifs is 1. The van der Waals surface area contributed by atoms with Crippen molar-refractivity contribution in [2.45, 2.75) is 34.2 Å². The minimum atomic E-state index is -0.185. The lowest BCUT2D eigenvalue weighted by molar-refractivity contribution is 0.0959. The molecule has 0 aliphatic heterocycles. The summed E-state index contributed by atoms with van der Waals surface area (Å²) in [7, 11) is 0. The minimum Gasteiger partial charge on any atom is -0.451 e. The van der Waals surface area contributed by atoms with Gasteiger partial charge in [-0.2, -0.15) is 0 Å². The molecule has 0 aliphatic rings. The molecule has 0 atom stereocenters. The number of hydrogen-bond acceptors (Lipinski definition) is 3. The zero-order valence-electron chi connectivity index (χ0n) is 17.2. The van der Waals surface area contributed by atoms with Crippen LogP contribution in [0.2, 0.25) is 0 Å². The van der Waals surface area contributed by atoms with Crippen molar-refractivity contribution in [3.05, 3.63) is 94.4 Å². The largest absolute Gasteiger partial charge is 0.451 e. The Morgan fingerprint density at radius 3 is 2.41 bits per heavy atom. The van der Waals surface area contributed by atoms with E-state index in [0.717, 1.165) is 33.2 Å². The van der Waals surface area contributed by atoms with Gasteiger partial charge < -0.3 is 4.42 Å². The first-order valence-corrected chi connectivity index (χ1v) is 9.73. The van der Waals surface area contributed by atoms with Crippen molar-refractivity contribution in [1.82, 2.24) is 4.98 Å². The molecule has 4 aromatic rings. The number of rotatable bonds is 4. The molecule has 2 aromatic carbocycles. The summed E-state index contributed by atoms with van der Waals surface area (Å²) in [6, 6.07) is 17.9. The average molecular weight is 384 g/mol. The van der Waals surface area contributed by atoms with Crippen LogP contribution in [-0.4, -0.2) is 10.9 Å². The molecule has 0 spiro atoms. The van der Waals surface area contributed by atoms with Gasteiger partial charge in [0.15, 0.2) is 5.76 Å². The second-order valence-electron chi connectivity index (χ2n) is 7.58. The summed E-state index contributed by atoms with van der Waals surface area (Å²) < 4.78 is 6.06. The van der Waals surface area contributed by atoms with Gasteiger partial charge in [-0.15, -0.1) is 0 Å². The summed E-state index contributed by atoms with van der Waals surface area (Å²) in [5.41, 5.74) is 6.07. The van der Waals surface area contributed by atoms with Crippen LogP contribution >= 0.6 is 0 Å². The zero-order valence-corrected chi connectivity index (χ0v) is 17.2. The van der Waals surface area contributed by atoms with E-state index in [-0.39, 0.29) is 5.91 Å². The number of hydrogen-bond donors (Lipinski definition) is 0. The molecule has 0 bridgehead atoms. The summed E-state index contributed by atoms with van der Waals surface area (Å²) in [5, 5.41) is 1.01. The van der Waals surface area contributed by atoms with Gasteiger partial charge in [0.25, 0.3) is 5.91 Å². The maximum absolute atomic E-state index is 13.6. The highest BCUT2D eigenvalue weighted by atomic mass is 16.3. The fourth-order valence-electron chi connectivity index (χ4n) is 3.76. The van der Waals surface area contributed by atoms with E-state index in [1.54, 1.807) is 11.1 Å². The molecule has 0 saturated carbocycles. The van der Waals surface area contributed by atoms with Crippen molar-refractivity contribution in [2.75, 3.05) is 4.90 Å². The summed E-state index contributed by atoms with van der Waals surface area (Å²) in [6.45, 7) is 8.50. The Morgan fingerprint density at radius 2 is 1.72 bits per heavy atom. The Balaban J connectivity index is 1.79. The highest BCUT2D eigenvalue weighted by Gasteiger charge is 2.26. The van der Waals surface area contributed by atoms with Crippen LogP contribution in [0.5, 0.6) is 0 Å². The fraction of sp³-hybridized carbons (Fsp3) is 0.200. The molecule has 4 rings (SSSR count). The molecule has 0 aliphatic carbocycles. The lowest BCUT2D eigenvalue weighted by atomic mass is 10.0. The van der Waals surface area contributed by atoms with Crippen LogP contribution in [0, 0.1) is 27.7 Å².